The molecular weight excluding hydrogens is 362 g/mol. The van der Waals surface area contributed by atoms with Crippen LogP contribution in [0.5, 0.6) is 0 Å². The first-order valence-electron chi connectivity index (χ1n) is 10.0. The normalized spacial score (nSPS) is 13.8. The number of rotatable bonds is 5. The maximum Gasteiger partial charge on any atom is 0.229 e. The van der Waals surface area contributed by atoms with E-state index < -0.39 is 0 Å². The number of carbonyl (C=O) groups excluding carboxylic acids is 1. The van der Waals surface area contributed by atoms with Crippen molar-refractivity contribution in [3.05, 3.63) is 60.7 Å². The monoisotopic (exact) mass is 387 g/mol. The van der Waals surface area contributed by atoms with Crippen LogP contribution in [0.4, 0.5) is 23.1 Å². The molecule has 1 fully saturated rings. The van der Waals surface area contributed by atoms with Crippen LogP contribution >= 0.6 is 0 Å². The molecule has 0 radical (unpaired) electrons. The van der Waals surface area contributed by atoms with Gasteiger partial charge in [0.05, 0.1) is 5.69 Å². The van der Waals surface area contributed by atoms with Crippen LogP contribution in [0.3, 0.4) is 0 Å². The summed E-state index contributed by atoms with van der Waals surface area (Å²) in [7, 11) is 0. The van der Waals surface area contributed by atoms with Crippen molar-refractivity contribution in [1.29, 1.82) is 0 Å². The maximum absolute atomic E-state index is 11.3. The molecule has 0 atom stereocenters. The van der Waals surface area contributed by atoms with E-state index in [0.717, 1.165) is 41.5 Å². The topological polar surface area (TPSA) is 70.2 Å². The number of amides is 1. The van der Waals surface area contributed by atoms with E-state index in [1.165, 1.54) is 26.2 Å². The fourth-order valence-corrected chi connectivity index (χ4v) is 3.54. The van der Waals surface area contributed by atoms with Crippen LogP contribution in [0.15, 0.2) is 60.7 Å². The Morgan fingerprint density at radius 3 is 2.41 bits per heavy atom. The molecular formula is C23H25N5O. The Kier molecular flexibility index (Phi) is 5.70. The molecule has 2 aromatic carbocycles. The summed E-state index contributed by atoms with van der Waals surface area (Å²) in [4.78, 5) is 23.2. The molecule has 29 heavy (non-hydrogen) atoms. The van der Waals surface area contributed by atoms with Crippen LogP contribution in [0.2, 0.25) is 0 Å². The molecule has 6 heteroatoms. The Balaban J connectivity index is 1.67. The number of anilines is 4. The number of carbonyl (C=O) groups is 1. The van der Waals surface area contributed by atoms with Crippen LogP contribution < -0.4 is 15.5 Å². The Hall–Kier alpha value is -3.41. The Bertz CT molecular complexity index is 984. The first-order chi connectivity index (χ1) is 14.2. The molecule has 1 aliphatic heterocycles. The summed E-state index contributed by atoms with van der Waals surface area (Å²) in [6, 6.07) is 19.8. The number of hydrogen-bond donors (Lipinski definition) is 2. The third-order valence-electron chi connectivity index (χ3n) is 4.90. The van der Waals surface area contributed by atoms with Gasteiger partial charge in [-0.3, -0.25) is 4.79 Å². The van der Waals surface area contributed by atoms with E-state index >= 15 is 0 Å². The van der Waals surface area contributed by atoms with Crippen LogP contribution in [-0.4, -0.2) is 29.0 Å². The van der Waals surface area contributed by atoms with E-state index in [9.17, 15) is 4.79 Å². The van der Waals surface area contributed by atoms with Crippen molar-refractivity contribution in [2.45, 2.75) is 26.2 Å². The van der Waals surface area contributed by atoms with Gasteiger partial charge in [0.1, 0.15) is 5.82 Å². The van der Waals surface area contributed by atoms with Crippen molar-refractivity contribution in [2.24, 2.45) is 0 Å². The van der Waals surface area contributed by atoms with E-state index in [-0.39, 0.29) is 5.91 Å². The summed E-state index contributed by atoms with van der Waals surface area (Å²) in [6.45, 7) is 3.53. The van der Waals surface area contributed by atoms with Crippen LogP contribution in [0, 0.1) is 0 Å². The summed E-state index contributed by atoms with van der Waals surface area (Å²) < 4.78 is 0. The highest BCUT2D eigenvalue weighted by atomic mass is 16.1. The van der Waals surface area contributed by atoms with Gasteiger partial charge >= 0.3 is 0 Å². The Morgan fingerprint density at radius 1 is 0.897 bits per heavy atom. The lowest BCUT2D eigenvalue weighted by Gasteiger charge is -2.28. The van der Waals surface area contributed by atoms with Gasteiger partial charge in [-0.05, 0) is 37.5 Å². The number of nitrogens with one attached hydrogen (secondary N) is 2. The van der Waals surface area contributed by atoms with Gasteiger partial charge in [0.25, 0.3) is 0 Å². The average molecular weight is 387 g/mol. The zero-order valence-electron chi connectivity index (χ0n) is 16.6. The molecule has 1 aliphatic rings. The van der Waals surface area contributed by atoms with Crippen molar-refractivity contribution >= 4 is 29.0 Å². The van der Waals surface area contributed by atoms with Gasteiger partial charge in [0, 0.05) is 43.0 Å². The largest absolute Gasteiger partial charge is 0.356 e. The third-order valence-corrected chi connectivity index (χ3v) is 4.90. The number of aromatic nitrogens is 2. The summed E-state index contributed by atoms with van der Waals surface area (Å²) in [5.74, 6) is 1.39. The number of benzene rings is 2. The lowest BCUT2D eigenvalue weighted by molar-refractivity contribution is -0.114. The van der Waals surface area contributed by atoms with Gasteiger partial charge in [-0.2, -0.15) is 4.98 Å². The average Bonchev–Trinajstić information content (AvgIpc) is 2.74. The van der Waals surface area contributed by atoms with Gasteiger partial charge < -0.3 is 15.5 Å². The van der Waals surface area contributed by atoms with Gasteiger partial charge in [-0.25, -0.2) is 4.98 Å². The number of nitrogens with zero attached hydrogens (tertiary/aromatic N) is 3. The van der Waals surface area contributed by atoms with Crippen molar-refractivity contribution in [3.8, 4) is 11.3 Å². The predicted octanol–water partition coefficient (Wildman–Crippen LogP) is 4.84. The number of hydrogen-bond acceptors (Lipinski definition) is 5. The van der Waals surface area contributed by atoms with E-state index in [1.54, 1.807) is 0 Å². The molecule has 1 saturated heterocycles. The standard InChI is InChI=1S/C23H25N5O/c1-17(29)24-19-11-8-12-20(15-19)25-23-26-21(18-9-4-2-5-10-18)16-22(27-23)28-13-6-3-7-14-28/h2,4-5,8-12,15-16H,3,6-7,13-14H2,1H3,(H,24,29)(H,25,26,27). The maximum atomic E-state index is 11.3. The highest BCUT2D eigenvalue weighted by molar-refractivity contribution is 5.89. The van der Waals surface area contributed by atoms with Crippen molar-refractivity contribution < 1.29 is 4.79 Å². The third kappa shape index (κ3) is 4.90. The minimum Gasteiger partial charge on any atom is -0.356 e. The lowest BCUT2D eigenvalue weighted by Crippen LogP contribution is -2.30. The van der Waals surface area contributed by atoms with Gasteiger partial charge in [-0.1, -0.05) is 36.4 Å². The van der Waals surface area contributed by atoms with Crippen LogP contribution in [0.25, 0.3) is 11.3 Å². The summed E-state index contributed by atoms with van der Waals surface area (Å²) in [5.41, 5.74) is 3.51. The highest BCUT2D eigenvalue weighted by Crippen LogP contribution is 2.27. The van der Waals surface area contributed by atoms with Crippen molar-refractivity contribution in [1.82, 2.24) is 9.97 Å². The van der Waals surface area contributed by atoms with Gasteiger partial charge in [0.2, 0.25) is 11.9 Å². The van der Waals surface area contributed by atoms with E-state index in [2.05, 4.69) is 33.7 Å². The molecule has 4 rings (SSSR count). The molecule has 2 N–H and O–H groups in total. The van der Waals surface area contributed by atoms with Gasteiger partial charge in [-0.15, -0.1) is 0 Å². The minimum atomic E-state index is -0.100. The molecule has 3 aromatic rings. The van der Waals surface area contributed by atoms with Crippen LogP contribution in [0.1, 0.15) is 26.2 Å². The Morgan fingerprint density at radius 2 is 1.66 bits per heavy atom. The quantitative estimate of drug-likeness (QED) is 0.656. The zero-order valence-corrected chi connectivity index (χ0v) is 16.6. The predicted molar refractivity (Wildman–Crippen MR) is 118 cm³/mol. The van der Waals surface area contributed by atoms with E-state index in [1.807, 2.05) is 42.5 Å². The fourth-order valence-electron chi connectivity index (χ4n) is 3.54. The second-order valence-corrected chi connectivity index (χ2v) is 7.24. The first kappa shape index (κ1) is 18.9. The fraction of sp³-hybridized carbons (Fsp3) is 0.261. The first-order valence-corrected chi connectivity index (χ1v) is 10.0. The molecule has 2 heterocycles. The highest BCUT2D eigenvalue weighted by Gasteiger charge is 2.15. The number of piperidine rings is 1. The van der Waals surface area contributed by atoms with E-state index in [0.29, 0.717) is 5.95 Å². The molecule has 1 aromatic heterocycles. The molecule has 1 amide bonds. The smallest absolute Gasteiger partial charge is 0.229 e. The Labute approximate surface area is 171 Å². The second-order valence-electron chi connectivity index (χ2n) is 7.24. The molecule has 0 unspecified atom stereocenters. The van der Waals surface area contributed by atoms with Gasteiger partial charge in [0.15, 0.2) is 0 Å². The SMILES string of the molecule is CC(=O)Nc1cccc(Nc2nc(-c3ccccc3)cc(N3CCCCC3)n2)c1. The zero-order chi connectivity index (χ0) is 20.1. The minimum absolute atomic E-state index is 0.100. The summed E-state index contributed by atoms with van der Waals surface area (Å²) in [6.07, 6.45) is 3.65. The molecule has 148 valence electrons. The summed E-state index contributed by atoms with van der Waals surface area (Å²) >= 11 is 0. The molecule has 0 bridgehead atoms. The molecule has 0 spiro atoms. The molecule has 6 nitrogen and oxygen atoms in total. The lowest BCUT2D eigenvalue weighted by atomic mass is 10.1. The van der Waals surface area contributed by atoms with Crippen LogP contribution in [-0.2, 0) is 4.79 Å². The molecule has 0 saturated carbocycles. The van der Waals surface area contributed by atoms with Crippen molar-refractivity contribution in [3.63, 3.8) is 0 Å². The van der Waals surface area contributed by atoms with E-state index in [4.69, 9.17) is 9.97 Å². The second kappa shape index (κ2) is 8.73. The summed E-state index contributed by atoms with van der Waals surface area (Å²) in [5, 5.41) is 6.11. The van der Waals surface area contributed by atoms with Crippen molar-refractivity contribution in [2.75, 3.05) is 28.6 Å². The molecule has 0 aliphatic carbocycles.